The third kappa shape index (κ3) is 6.47. The summed E-state index contributed by atoms with van der Waals surface area (Å²) in [4.78, 5) is 28.3. The first-order valence-electron chi connectivity index (χ1n) is 15.1. The second kappa shape index (κ2) is 11.4. The summed E-state index contributed by atoms with van der Waals surface area (Å²) in [7, 11) is -3.76. The third-order valence-corrected chi connectivity index (χ3v) is 10.7. The van der Waals surface area contributed by atoms with Crippen LogP contribution >= 0.6 is 0 Å². The zero-order valence-corrected chi connectivity index (χ0v) is 25.9. The minimum Gasteiger partial charge on any atom is -0.352 e. The molecular weight excluding hydrogens is 534 g/mol. The van der Waals surface area contributed by atoms with Crippen molar-refractivity contribution in [3.05, 3.63) is 65.2 Å². The van der Waals surface area contributed by atoms with Crippen LogP contribution in [0.2, 0.25) is 0 Å². The van der Waals surface area contributed by atoms with Gasteiger partial charge in [0, 0.05) is 12.6 Å². The molecule has 8 heteroatoms. The molecule has 7 nitrogen and oxygen atoms in total. The summed E-state index contributed by atoms with van der Waals surface area (Å²) in [6.45, 7) is 7.24. The van der Waals surface area contributed by atoms with Gasteiger partial charge in [-0.2, -0.15) is 0 Å². The number of rotatable bonds is 10. The van der Waals surface area contributed by atoms with E-state index in [1.165, 1.54) is 53.3 Å². The van der Waals surface area contributed by atoms with Gasteiger partial charge in [0.1, 0.15) is 12.6 Å². The molecule has 4 aliphatic rings. The van der Waals surface area contributed by atoms with Crippen LogP contribution in [0.15, 0.2) is 48.5 Å². The summed E-state index contributed by atoms with van der Waals surface area (Å²) in [6, 6.07) is 14.8. The Bertz CT molecular complexity index is 1350. The normalized spacial score (nSPS) is 25.7. The molecule has 6 rings (SSSR count). The van der Waals surface area contributed by atoms with Gasteiger partial charge in [-0.05, 0) is 113 Å². The topological polar surface area (TPSA) is 86.8 Å². The van der Waals surface area contributed by atoms with Crippen molar-refractivity contribution in [2.24, 2.45) is 17.8 Å². The fraction of sp³-hybridized carbons (Fsp3) is 0.576. The van der Waals surface area contributed by atoms with Gasteiger partial charge in [0.05, 0.1) is 11.9 Å². The molecular formula is C33H45N3O4S. The number of carbonyl (C=O) groups excluding carboxylic acids is 2. The van der Waals surface area contributed by atoms with Gasteiger partial charge >= 0.3 is 0 Å². The molecule has 1 atom stereocenters. The van der Waals surface area contributed by atoms with E-state index in [9.17, 15) is 18.0 Å². The van der Waals surface area contributed by atoms with Crippen LogP contribution in [0.5, 0.6) is 0 Å². The molecule has 0 spiro atoms. The Hall–Kier alpha value is -2.87. The Morgan fingerprint density at radius 2 is 1.54 bits per heavy atom. The van der Waals surface area contributed by atoms with E-state index in [1.807, 2.05) is 57.2 Å². The quantitative estimate of drug-likeness (QED) is 0.421. The van der Waals surface area contributed by atoms with Crippen molar-refractivity contribution in [3.8, 4) is 0 Å². The highest BCUT2D eigenvalue weighted by molar-refractivity contribution is 7.92. The fourth-order valence-electron chi connectivity index (χ4n) is 8.05. The van der Waals surface area contributed by atoms with Crippen LogP contribution < -0.4 is 9.62 Å². The van der Waals surface area contributed by atoms with Crippen molar-refractivity contribution >= 4 is 27.5 Å². The number of hydrogen-bond donors (Lipinski definition) is 1. The van der Waals surface area contributed by atoms with E-state index in [0.717, 1.165) is 35.1 Å². The van der Waals surface area contributed by atoms with E-state index in [1.54, 1.807) is 6.92 Å². The molecule has 4 saturated carbocycles. The predicted molar refractivity (Wildman–Crippen MR) is 163 cm³/mol. The molecule has 2 aromatic rings. The summed E-state index contributed by atoms with van der Waals surface area (Å²) in [6.07, 6.45) is 8.94. The van der Waals surface area contributed by atoms with Crippen molar-refractivity contribution in [2.75, 3.05) is 17.1 Å². The highest BCUT2D eigenvalue weighted by Crippen LogP contribution is 2.60. The van der Waals surface area contributed by atoms with Gasteiger partial charge in [-0.3, -0.25) is 13.9 Å². The highest BCUT2D eigenvalue weighted by atomic mass is 32.2. The van der Waals surface area contributed by atoms with Crippen LogP contribution in [-0.4, -0.2) is 50.0 Å². The number of aryl methyl sites for hydroxylation is 1. The molecule has 222 valence electrons. The van der Waals surface area contributed by atoms with Crippen LogP contribution in [0.1, 0.15) is 76.0 Å². The molecule has 1 N–H and O–H groups in total. The molecule has 4 bridgehead atoms. The van der Waals surface area contributed by atoms with E-state index in [2.05, 4.69) is 17.4 Å². The van der Waals surface area contributed by atoms with Crippen LogP contribution in [-0.2, 0) is 31.6 Å². The zero-order valence-electron chi connectivity index (χ0n) is 25.1. The van der Waals surface area contributed by atoms with E-state index in [4.69, 9.17) is 0 Å². The number of amides is 2. The summed E-state index contributed by atoms with van der Waals surface area (Å²) >= 11 is 0. The van der Waals surface area contributed by atoms with E-state index >= 15 is 0 Å². The van der Waals surface area contributed by atoms with Crippen molar-refractivity contribution in [1.82, 2.24) is 10.2 Å². The van der Waals surface area contributed by atoms with Gasteiger partial charge in [0.2, 0.25) is 21.8 Å². The lowest BCUT2D eigenvalue weighted by Crippen LogP contribution is -2.52. The summed E-state index contributed by atoms with van der Waals surface area (Å²) in [5.74, 6) is 1.77. The summed E-state index contributed by atoms with van der Waals surface area (Å²) < 4.78 is 27.2. The first-order valence-corrected chi connectivity index (χ1v) is 16.9. The SMILES string of the molecule is Cc1cccc(CN(C(=O)CN(c2ccc(C34CC5CC(CC(C5)C3)C4)cc2)S(C)(=O)=O)C(C)C(=O)NC(C)C)c1. The van der Waals surface area contributed by atoms with Gasteiger partial charge in [-0.15, -0.1) is 0 Å². The smallest absolute Gasteiger partial charge is 0.244 e. The molecule has 1 unspecified atom stereocenters. The number of nitrogens with zero attached hydrogens (tertiary/aromatic N) is 2. The van der Waals surface area contributed by atoms with E-state index < -0.39 is 22.0 Å². The number of anilines is 1. The van der Waals surface area contributed by atoms with E-state index in [0.29, 0.717) is 5.69 Å². The minimum absolute atomic E-state index is 0.0825. The Balaban J connectivity index is 1.39. The maximum atomic E-state index is 13.8. The second-order valence-corrected chi connectivity index (χ2v) is 15.3. The monoisotopic (exact) mass is 579 g/mol. The summed E-state index contributed by atoms with van der Waals surface area (Å²) in [5, 5.41) is 2.89. The molecule has 41 heavy (non-hydrogen) atoms. The Labute approximate surface area is 245 Å². The lowest BCUT2D eigenvalue weighted by Gasteiger charge is -2.57. The average Bonchev–Trinajstić information content (AvgIpc) is 2.88. The molecule has 0 saturated heterocycles. The number of nitrogens with one attached hydrogen (secondary N) is 1. The molecule has 4 aliphatic carbocycles. The summed E-state index contributed by atoms with van der Waals surface area (Å²) in [5.41, 5.74) is 3.92. The zero-order chi connectivity index (χ0) is 29.5. The Kier molecular flexibility index (Phi) is 8.25. The number of carbonyl (C=O) groups is 2. The molecule has 2 aromatic carbocycles. The lowest BCUT2D eigenvalue weighted by atomic mass is 9.48. The standard InChI is InChI=1S/C33H45N3O4S/c1-22(2)34-32(38)24(4)35(20-25-8-6-7-23(3)13-25)31(37)21-36(41(5,39)40)30-11-9-29(10-12-30)33-17-26-14-27(18-33)16-28(15-26)19-33/h6-13,22,24,26-28H,14-21H2,1-5H3,(H,34,38). The van der Waals surface area contributed by atoms with Crippen LogP contribution in [0.3, 0.4) is 0 Å². The van der Waals surface area contributed by atoms with Gasteiger partial charge in [0.25, 0.3) is 0 Å². The van der Waals surface area contributed by atoms with Crippen LogP contribution in [0.4, 0.5) is 5.69 Å². The molecule has 0 radical (unpaired) electrons. The van der Waals surface area contributed by atoms with Gasteiger partial charge in [-0.25, -0.2) is 8.42 Å². The first kappa shape index (κ1) is 29.6. The number of hydrogen-bond acceptors (Lipinski definition) is 4. The number of sulfonamides is 1. The van der Waals surface area contributed by atoms with Gasteiger partial charge in [-0.1, -0.05) is 42.0 Å². The van der Waals surface area contributed by atoms with Crippen molar-refractivity contribution in [1.29, 1.82) is 0 Å². The molecule has 0 heterocycles. The Morgan fingerprint density at radius 1 is 0.951 bits per heavy atom. The predicted octanol–water partition coefficient (Wildman–Crippen LogP) is 5.17. The van der Waals surface area contributed by atoms with Crippen molar-refractivity contribution in [2.45, 2.75) is 90.3 Å². The van der Waals surface area contributed by atoms with Crippen LogP contribution in [0, 0.1) is 24.7 Å². The maximum Gasteiger partial charge on any atom is 0.244 e. The third-order valence-electron chi connectivity index (χ3n) is 9.52. The van der Waals surface area contributed by atoms with Crippen molar-refractivity contribution < 1.29 is 18.0 Å². The molecule has 4 fully saturated rings. The highest BCUT2D eigenvalue weighted by Gasteiger charge is 2.51. The number of benzene rings is 2. The first-order chi connectivity index (χ1) is 19.3. The maximum absolute atomic E-state index is 13.8. The largest absolute Gasteiger partial charge is 0.352 e. The van der Waals surface area contributed by atoms with Gasteiger partial charge in [0.15, 0.2) is 0 Å². The van der Waals surface area contributed by atoms with Gasteiger partial charge < -0.3 is 10.2 Å². The molecule has 0 aliphatic heterocycles. The lowest BCUT2D eigenvalue weighted by molar-refractivity contribution is -0.139. The van der Waals surface area contributed by atoms with Crippen LogP contribution in [0.25, 0.3) is 0 Å². The average molecular weight is 580 g/mol. The minimum atomic E-state index is -3.76. The molecule has 0 aromatic heterocycles. The van der Waals surface area contributed by atoms with Crippen molar-refractivity contribution in [3.63, 3.8) is 0 Å². The molecule has 2 amide bonds. The fourth-order valence-corrected chi connectivity index (χ4v) is 8.90. The van der Waals surface area contributed by atoms with E-state index in [-0.39, 0.29) is 30.5 Å². The second-order valence-electron chi connectivity index (χ2n) is 13.4. The Morgan fingerprint density at radius 3 is 2.05 bits per heavy atom.